The number of hydrogen-bond acceptors (Lipinski definition) is 5. The van der Waals surface area contributed by atoms with Crippen LogP contribution in [0.4, 0.5) is 10.2 Å². The first-order valence-corrected chi connectivity index (χ1v) is 10.7. The zero-order chi connectivity index (χ0) is 20.4. The summed E-state index contributed by atoms with van der Waals surface area (Å²) in [4.78, 5) is 21.4. The normalized spacial score (nSPS) is 26.0. The summed E-state index contributed by atoms with van der Waals surface area (Å²) in [6, 6.07) is 1.87. The lowest BCUT2D eigenvalue weighted by molar-refractivity contribution is 0.0928. The third kappa shape index (κ3) is 2.62. The van der Waals surface area contributed by atoms with Crippen LogP contribution in [-0.2, 0) is 7.05 Å². The molecule has 30 heavy (non-hydrogen) atoms. The molecule has 0 aliphatic heterocycles. The van der Waals surface area contributed by atoms with Crippen LogP contribution in [0.3, 0.4) is 0 Å². The van der Waals surface area contributed by atoms with E-state index in [1.54, 1.807) is 12.5 Å². The molecule has 0 radical (unpaired) electrons. The molecule has 0 aromatic carbocycles. The average Bonchev–Trinajstić information content (AvgIpc) is 3.34. The molecule has 7 nitrogen and oxygen atoms in total. The number of hydrogen-bond donors (Lipinski definition) is 2. The van der Waals surface area contributed by atoms with Crippen molar-refractivity contribution in [2.75, 3.05) is 5.32 Å². The standard InChI is InChI=1S/C22H24FN7/c1-11-12-3-5-13(6-4-12)17(11)27-21-18-22(30(2)10-26-18)29-20(28-21)16-9-25-19-15(16)7-14(23)8-24-19/h7-13,17H,3-6H2,1-2H3,(H,24,25)(H,27,28,29). The number of aryl methyl sites for hydroxylation is 1. The SMILES string of the molecule is CC1C2CCC(CC2)C1Nc1nc(-c2c[nH]c3ncc(F)cc23)nc2c1ncn2C. The number of H-pyrrole nitrogens is 1. The van der Waals surface area contributed by atoms with Crippen LogP contribution in [0.1, 0.15) is 32.6 Å². The highest BCUT2D eigenvalue weighted by Crippen LogP contribution is 2.46. The minimum absolute atomic E-state index is 0.379. The second kappa shape index (κ2) is 6.48. The van der Waals surface area contributed by atoms with E-state index in [9.17, 15) is 4.39 Å². The van der Waals surface area contributed by atoms with Gasteiger partial charge in [0.05, 0.1) is 12.5 Å². The summed E-state index contributed by atoms with van der Waals surface area (Å²) in [5.41, 5.74) is 2.89. The number of nitrogens with zero attached hydrogens (tertiary/aromatic N) is 5. The third-order valence-corrected chi connectivity index (χ3v) is 7.24. The van der Waals surface area contributed by atoms with E-state index >= 15 is 0 Å². The number of rotatable bonds is 3. The molecule has 4 aromatic heterocycles. The Morgan fingerprint density at radius 1 is 1.13 bits per heavy atom. The van der Waals surface area contributed by atoms with E-state index in [1.165, 1.54) is 37.9 Å². The first-order chi connectivity index (χ1) is 14.6. The molecule has 0 amide bonds. The number of imidazole rings is 1. The minimum atomic E-state index is -0.379. The average molecular weight is 405 g/mol. The van der Waals surface area contributed by atoms with Crippen molar-refractivity contribution >= 4 is 28.0 Å². The Bertz CT molecular complexity index is 1250. The predicted molar refractivity (Wildman–Crippen MR) is 113 cm³/mol. The van der Waals surface area contributed by atoms with Gasteiger partial charge in [0, 0.05) is 30.2 Å². The monoisotopic (exact) mass is 405 g/mol. The molecule has 4 aromatic rings. The Morgan fingerprint density at radius 3 is 2.73 bits per heavy atom. The number of pyridine rings is 1. The molecule has 2 atom stereocenters. The largest absolute Gasteiger partial charge is 0.365 e. The van der Waals surface area contributed by atoms with Crippen molar-refractivity contribution in [1.29, 1.82) is 0 Å². The van der Waals surface area contributed by atoms with Gasteiger partial charge in [-0.15, -0.1) is 0 Å². The Hall–Kier alpha value is -3.03. The Kier molecular flexibility index (Phi) is 3.85. The summed E-state index contributed by atoms with van der Waals surface area (Å²) in [5.74, 6) is 3.00. The van der Waals surface area contributed by atoms with Crippen molar-refractivity contribution in [1.82, 2.24) is 29.5 Å². The zero-order valence-corrected chi connectivity index (χ0v) is 17.1. The number of aromatic amines is 1. The summed E-state index contributed by atoms with van der Waals surface area (Å²) < 4.78 is 15.7. The van der Waals surface area contributed by atoms with Crippen LogP contribution in [0.2, 0.25) is 0 Å². The second-order valence-electron chi connectivity index (χ2n) is 8.88. The Balaban J connectivity index is 1.48. The van der Waals surface area contributed by atoms with Gasteiger partial charge in [-0.2, -0.15) is 0 Å². The molecule has 154 valence electrons. The van der Waals surface area contributed by atoms with Crippen LogP contribution in [0.25, 0.3) is 33.6 Å². The van der Waals surface area contributed by atoms with Gasteiger partial charge < -0.3 is 14.9 Å². The third-order valence-electron chi connectivity index (χ3n) is 7.24. The zero-order valence-electron chi connectivity index (χ0n) is 17.1. The fourth-order valence-electron chi connectivity index (χ4n) is 5.55. The summed E-state index contributed by atoms with van der Waals surface area (Å²) in [7, 11) is 1.93. The van der Waals surface area contributed by atoms with Crippen LogP contribution in [0, 0.1) is 23.6 Å². The lowest BCUT2D eigenvalue weighted by Crippen LogP contribution is -2.47. The van der Waals surface area contributed by atoms with Crippen molar-refractivity contribution in [3.05, 3.63) is 30.6 Å². The highest BCUT2D eigenvalue weighted by molar-refractivity contribution is 5.94. The van der Waals surface area contributed by atoms with Gasteiger partial charge >= 0.3 is 0 Å². The summed E-state index contributed by atoms with van der Waals surface area (Å²) in [6.45, 7) is 2.36. The van der Waals surface area contributed by atoms with Crippen LogP contribution >= 0.6 is 0 Å². The van der Waals surface area contributed by atoms with E-state index in [-0.39, 0.29) is 5.82 Å². The fraction of sp³-hybridized carbons (Fsp3) is 0.455. The number of anilines is 1. The lowest BCUT2D eigenvalue weighted by Gasteiger charge is -2.47. The number of nitrogens with one attached hydrogen (secondary N) is 2. The molecule has 0 saturated heterocycles. The molecule has 3 aliphatic rings. The quantitative estimate of drug-likeness (QED) is 0.531. The van der Waals surface area contributed by atoms with Crippen molar-refractivity contribution < 1.29 is 4.39 Å². The predicted octanol–water partition coefficient (Wildman–Crippen LogP) is 4.28. The van der Waals surface area contributed by atoms with E-state index in [1.807, 2.05) is 11.6 Å². The highest BCUT2D eigenvalue weighted by atomic mass is 19.1. The van der Waals surface area contributed by atoms with Gasteiger partial charge in [0.15, 0.2) is 17.3 Å². The van der Waals surface area contributed by atoms with E-state index < -0.39 is 0 Å². The molecule has 3 aliphatic carbocycles. The van der Waals surface area contributed by atoms with Crippen LogP contribution in [0.15, 0.2) is 24.8 Å². The van der Waals surface area contributed by atoms with Gasteiger partial charge in [-0.3, -0.25) is 0 Å². The van der Waals surface area contributed by atoms with Gasteiger partial charge in [0.25, 0.3) is 0 Å². The number of halogens is 1. The first kappa shape index (κ1) is 17.8. The summed E-state index contributed by atoms with van der Waals surface area (Å²) in [6.07, 6.45) is 10.0. The minimum Gasteiger partial charge on any atom is -0.365 e. The summed E-state index contributed by atoms with van der Waals surface area (Å²) in [5, 5.41) is 4.43. The molecule has 2 unspecified atom stereocenters. The number of fused-ring (bicyclic) bond motifs is 5. The van der Waals surface area contributed by atoms with Crippen molar-refractivity contribution in [2.24, 2.45) is 24.8 Å². The smallest absolute Gasteiger partial charge is 0.166 e. The molecular formula is C22H24FN7. The Labute approximate surface area is 173 Å². The maximum absolute atomic E-state index is 13.9. The van der Waals surface area contributed by atoms with Gasteiger partial charge in [-0.25, -0.2) is 24.3 Å². The van der Waals surface area contributed by atoms with E-state index in [0.717, 1.165) is 28.5 Å². The van der Waals surface area contributed by atoms with Crippen LogP contribution in [0.5, 0.6) is 0 Å². The van der Waals surface area contributed by atoms with E-state index in [0.29, 0.717) is 34.7 Å². The molecule has 3 saturated carbocycles. The fourth-order valence-corrected chi connectivity index (χ4v) is 5.55. The molecule has 2 bridgehead atoms. The van der Waals surface area contributed by atoms with E-state index in [4.69, 9.17) is 9.97 Å². The number of aromatic nitrogens is 6. The topological polar surface area (TPSA) is 84.3 Å². The Morgan fingerprint density at radius 2 is 1.93 bits per heavy atom. The van der Waals surface area contributed by atoms with Gasteiger partial charge in [-0.05, 0) is 49.5 Å². The molecule has 7 rings (SSSR count). The van der Waals surface area contributed by atoms with Gasteiger partial charge in [0.2, 0.25) is 0 Å². The molecule has 2 N–H and O–H groups in total. The van der Waals surface area contributed by atoms with Crippen LogP contribution < -0.4 is 5.32 Å². The van der Waals surface area contributed by atoms with Crippen molar-refractivity contribution in [2.45, 2.75) is 38.6 Å². The van der Waals surface area contributed by atoms with Crippen molar-refractivity contribution in [3.63, 3.8) is 0 Å². The maximum Gasteiger partial charge on any atom is 0.166 e. The summed E-state index contributed by atoms with van der Waals surface area (Å²) >= 11 is 0. The molecule has 4 heterocycles. The molecule has 0 spiro atoms. The van der Waals surface area contributed by atoms with Gasteiger partial charge in [0.1, 0.15) is 17.0 Å². The maximum atomic E-state index is 13.9. The first-order valence-electron chi connectivity index (χ1n) is 10.7. The molecule has 3 fully saturated rings. The van der Waals surface area contributed by atoms with Crippen molar-refractivity contribution in [3.8, 4) is 11.4 Å². The van der Waals surface area contributed by atoms with Crippen LogP contribution in [-0.4, -0.2) is 35.5 Å². The molecular weight excluding hydrogens is 381 g/mol. The molecule has 8 heteroatoms. The van der Waals surface area contributed by atoms with E-state index in [2.05, 4.69) is 27.2 Å². The second-order valence-corrected chi connectivity index (χ2v) is 8.88. The van der Waals surface area contributed by atoms with Gasteiger partial charge in [-0.1, -0.05) is 6.92 Å². The lowest BCUT2D eigenvalue weighted by atomic mass is 9.62. The highest BCUT2D eigenvalue weighted by Gasteiger charge is 2.41.